The average molecular weight is 388 g/mol. The molecule has 1 aliphatic rings. The number of aliphatic hydroxyl groups is 1. The summed E-state index contributed by atoms with van der Waals surface area (Å²) < 4.78 is 44.2. The molecule has 27 heavy (non-hydrogen) atoms. The number of alkyl halides is 3. The largest absolute Gasteiger partial charge is 0.416 e. The summed E-state index contributed by atoms with van der Waals surface area (Å²) in [6.45, 7) is 7.62. The van der Waals surface area contributed by atoms with Crippen LogP contribution in [-0.2, 0) is 10.9 Å². The number of rotatable bonds is 10. The van der Waals surface area contributed by atoms with E-state index < -0.39 is 11.7 Å². The Labute approximate surface area is 159 Å². The minimum Gasteiger partial charge on any atom is -0.394 e. The van der Waals surface area contributed by atoms with Gasteiger partial charge in [-0.2, -0.15) is 13.2 Å². The first-order chi connectivity index (χ1) is 12.8. The van der Waals surface area contributed by atoms with Crippen LogP contribution in [0.5, 0.6) is 0 Å². The van der Waals surface area contributed by atoms with Crippen LogP contribution in [0.4, 0.5) is 18.9 Å². The Hall–Kier alpha value is -1.31. The van der Waals surface area contributed by atoms with Crippen LogP contribution in [0.1, 0.15) is 43.7 Å². The second-order valence-corrected chi connectivity index (χ2v) is 7.45. The van der Waals surface area contributed by atoms with Gasteiger partial charge in [-0.3, -0.25) is 0 Å². The molecule has 0 fully saturated rings. The molecule has 0 radical (unpaired) electrons. The summed E-state index contributed by atoms with van der Waals surface area (Å²) in [5.41, 5.74) is 1.02. The molecule has 1 heterocycles. The lowest BCUT2D eigenvalue weighted by molar-refractivity contribution is -0.137. The maximum Gasteiger partial charge on any atom is 0.416 e. The second-order valence-electron chi connectivity index (χ2n) is 7.45. The third-order valence-corrected chi connectivity index (χ3v) is 5.31. The number of nitrogens with one attached hydrogen (secondary N) is 2. The molecule has 0 spiro atoms. The summed E-state index contributed by atoms with van der Waals surface area (Å²) in [5.74, 6) is 0.921. The molecule has 0 bridgehead atoms. The number of hydrogen-bond donors (Lipinski definition) is 3. The van der Waals surface area contributed by atoms with Crippen LogP contribution >= 0.6 is 0 Å². The van der Waals surface area contributed by atoms with Crippen molar-refractivity contribution >= 4 is 5.69 Å². The predicted molar refractivity (Wildman–Crippen MR) is 101 cm³/mol. The number of aliphatic hydroxyl groups excluding tert-OH is 1. The first kappa shape index (κ1) is 22.0. The van der Waals surface area contributed by atoms with Crippen LogP contribution in [0, 0.1) is 11.8 Å². The molecule has 0 amide bonds. The highest BCUT2D eigenvalue weighted by Crippen LogP contribution is 2.40. The first-order valence-electron chi connectivity index (χ1n) is 9.67. The van der Waals surface area contributed by atoms with Gasteiger partial charge in [0.25, 0.3) is 0 Å². The zero-order chi connectivity index (χ0) is 19.9. The van der Waals surface area contributed by atoms with Crippen molar-refractivity contribution in [2.75, 3.05) is 44.8 Å². The van der Waals surface area contributed by atoms with Gasteiger partial charge < -0.3 is 20.5 Å². The molecule has 3 unspecified atom stereocenters. The van der Waals surface area contributed by atoms with Crippen molar-refractivity contribution in [3.63, 3.8) is 0 Å². The number of fused-ring (bicyclic) bond motifs is 1. The van der Waals surface area contributed by atoms with Crippen LogP contribution in [0.25, 0.3) is 0 Å². The van der Waals surface area contributed by atoms with E-state index in [1.54, 1.807) is 6.07 Å². The molecule has 0 aliphatic carbocycles. The average Bonchev–Trinajstić information content (AvgIpc) is 2.63. The number of hydrogen-bond acceptors (Lipinski definition) is 4. The van der Waals surface area contributed by atoms with E-state index in [4.69, 9.17) is 9.84 Å². The lowest BCUT2D eigenvalue weighted by atomic mass is 9.79. The maximum absolute atomic E-state index is 13.0. The fraction of sp³-hybridized carbons (Fsp3) is 0.700. The topological polar surface area (TPSA) is 53.5 Å². The quantitative estimate of drug-likeness (QED) is 0.533. The van der Waals surface area contributed by atoms with Crippen molar-refractivity contribution in [3.8, 4) is 0 Å². The molecule has 0 aromatic heterocycles. The van der Waals surface area contributed by atoms with E-state index in [9.17, 15) is 13.2 Å². The number of benzene rings is 1. The summed E-state index contributed by atoms with van der Waals surface area (Å²) in [7, 11) is 0. The fourth-order valence-corrected chi connectivity index (χ4v) is 3.56. The van der Waals surface area contributed by atoms with Crippen molar-refractivity contribution in [1.29, 1.82) is 0 Å². The van der Waals surface area contributed by atoms with Crippen LogP contribution in [0.2, 0.25) is 0 Å². The lowest BCUT2D eigenvalue weighted by Gasteiger charge is -2.33. The fourth-order valence-electron chi connectivity index (χ4n) is 3.56. The monoisotopic (exact) mass is 388 g/mol. The molecule has 1 aromatic carbocycles. The molecule has 0 saturated heterocycles. The molecule has 154 valence electrons. The van der Waals surface area contributed by atoms with Gasteiger partial charge in [0.1, 0.15) is 0 Å². The Balaban J connectivity index is 1.80. The molecule has 0 saturated carbocycles. The summed E-state index contributed by atoms with van der Waals surface area (Å²) in [6.07, 6.45) is -2.30. The van der Waals surface area contributed by atoms with Gasteiger partial charge in [0.05, 0.1) is 25.4 Å². The summed E-state index contributed by atoms with van der Waals surface area (Å²) >= 11 is 0. The van der Waals surface area contributed by atoms with Crippen molar-refractivity contribution in [2.24, 2.45) is 11.8 Å². The molecule has 1 aromatic rings. The molecule has 7 heteroatoms. The van der Waals surface area contributed by atoms with Crippen LogP contribution in [-0.4, -0.2) is 44.6 Å². The summed E-state index contributed by atoms with van der Waals surface area (Å²) in [5, 5.41) is 15.3. The lowest BCUT2D eigenvalue weighted by Crippen LogP contribution is -2.29. The molecular formula is C20H31F3N2O2. The van der Waals surface area contributed by atoms with Gasteiger partial charge in [0.15, 0.2) is 0 Å². The van der Waals surface area contributed by atoms with E-state index in [0.29, 0.717) is 25.0 Å². The van der Waals surface area contributed by atoms with Crippen molar-refractivity contribution in [3.05, 3.63) is 29.3 Å². The third kappa shape index (κ3) is 6.66. The minimum atomic E-state index is -4.30. The Bertz CT molecular complexity index is 581. The van der Waals surface area contributed by atoms with E-state index in [1.165, 1.54) is 6.07 Å². The zero-order valence-electron chi connectivity index (χ0n) is 16.1. The molecule has 4 nitrogen and oxygen atoms in total. The predicted octanol–water partition coefficient (Wildman–Crippen LogP) is 3.87. The number of ether oxygens (including phenoxy) is 1. The highest BCUT2D eigenvalue weighted by atomic mass is 19.4. The van der Waals surface area contributed by atoms with Crippen molar-refractivity contribution in [2.45, 2.75) is 38.8 Å². The van der Waals surface area contributed by atoms with E-state index in [2.05, 4.69) is 17.6 Å². The van der Waals surface area contributed by atoms with Gasteiger partial charge in [-0.15, -0.1) is 0 Å². The smallest absolute Gasteiger partial charge is 0.394 e. The summed E-state index contributed by atoms with van der Waals surface area (Å²) in [4.78, 5) is 0. The Morgan fingerprint density at radius 3 is 2.81 bits per heavy atom. The Morgan fingerprint density at radius 2 is 2.11 bits per heavy atom. The van der Waals surface area contributed by atoms with Gasteiger partial charge in [-0.25, -0.2) is 0 Å². The van der Waals surface area contributed by atoms with Crippen molar-refractivity contribution < 1.29 is 23.0 Å². The number of halogens is 3. The Morgan fingerprint density at radius 1 is 1.33 bits per heavy atom. The number of anilines is 1. The van der Waals surface area contributed by atoms with Gasteiger partial charge in [-0.05, 0) is 60.9 Å². The molecule has 2 rings (SSSR count). The zero-order valence-corrected chi connectivity index (χ0v) is 16.1. The first-order valence-corrected chi connectivity index (χ1v) is 9.67. The van der Waals surface area contributed by atoms with Crippen LogP contribution in [0.15, 0.2) is 18.2 Å². The highest BCUT2D eigenvalue weighted by Gasteiger charge is 2.33. The third-order valence-electron chi connectivity index (χ3n) is 5.31. The normalized spacial score (nSPS) is 20.8. The van der Waals surface area contributed by atoms with Gasteiger partial charge >= 0.3 is 6.18 Å². The van der Waals surface area contributed by atoms with E-state index in [0.717, 1.165) is 49.8 Å². The highest BCUT2D eigenvalue weighted by molar-refractivity contribution is 5.56. The van der Waals surface area contributed by atoms with E-state index >= 15 is 0 Å². The maximum atomic E-state index is 13.0. The Kier molecular flexibility index (Phi) is 8.38. The molecule has 3 atom stereocenters. The SMILES string of the molecule is CC(CCC1CNc2ccc(C(F)(F)F)cc2C1C)CNCCOCCO. The molecule has 1 aliphatic heterocycles. The molecular weight excluding hydrogens is 357 g/mol. The van der Waals surface area contributed by atoms with E-state index in [1.807, 2.05) is 6.92 Å². The van der Waals surface area contributed by atoms with Gasteiger partial charge in [0, 0.05) is 18.8 Å². The van der Waals surface area contributed by atoms with Gasteiger partial charge in [0.2, 0.25) is 0 Å². The summed E-state index contributed by atoms with van der Waals surface area (Å²) in [6, 6.07) is 4.00. The van der Waals surface area contributed by atoms with E-state index in [-0.39, 0.29) is 12.5 Å². The minimum absolute atomic E-state index is 0.0393. The second kappa shape index (κ2) is 10.3. The van der Waals surface area contributed by atoms with Crippen LogP contribution in [0.3, 0.4) is 0 Å². The van der Waals surface area contributed by atoms with Gasteiger partial charge in [-0.1, -0.05) is 13.8 Å². The van der Waals surface area contributed by atoms with Crippen molar-refractivity contribution in [1.82, 2.24) is 5.32 Å². The van der Waals surface area contributed by atoms with Crippen LogP contribution < -0.4 is 10.6 Å². The molecule has 3 N–H and O–H groups in total. The standard InChI is InChI=1S/C20H31F3N2O2/c1-14(12-24-7-9-27-10-8-26)3-4-16-13-25-19-6-5-17(20(21,22)23)11-18(19)15(16)2/h5-6,11,14-16,24-26H,3-4,7-10,12-13H2,1-2H3.